The third kappa shape index (κ3) is 11.9. The lowest BCUT2D eigenvalue weighted by atomic mass is 9.84. The molecule has 1 unspecified atom stereocenters. The van der Waals surface area contributed by atoms with Crippen LogP contribution in [-0.4, -0.2) is 43.4 Å². The zero-order chi connectivity index (χ0) is 16.3. The van der Waals surface area contributed by atoms with Crippen LogP contribution >= 0.6 is 0 Å². The maximum absolute atomic E-state index is 11.5. The van der Waals surface area contributed by atoms with E-state index in [4.69, 9.17) is 9.84 Å². The quantitative estimate of drug-likeness (QED) is 0.425. The second-order valence-corrected chi connectivity index (χ2v) is 6.13. The Morgan fingerprint density at radius 2 is 1.95 bits per heavy atom. The minimum Gasteiger partial charge on any atom is -0.481 e. The lowest BCUT2D eigenvalue weighted by Crippen LogP contribution is -2.41. The molecule has 0 heterocycles. The van der Waals surface area contributed by atoms with Gasteiger partial charge in [0.25, 0.3) is 0 Å². The predicted octanol–water partition coefficient (Wildman–Crippen LogP) is 2.02. The highest BCUT2D eigenvalue weighted by atomic mass is 16.5. The van der Waals surface area contributed by atoms with E-state index in [9.17, 15) is 9.59 Å². The van der Waals surface area contributed by atoms with Gasteiger partial charge in [0, 0.05) is 13.1 Å². The van der Waals surface area contributed by atoms with Gasteiger partial charge in [-0.15, -0.1) is 6.58 Å². The van der Waals surface area contributed by atoms with E-state index in [1.165, 1.54) is 0 Å². The minimum absolute atomic E-state index is 0.0970. The molecule has 0 radical (unpaired) electrons. The zero-order valence-corrected chi connectivity index (χ0v) is 13.3. The highest BCUT2D eigenvalue weighted by Gasteiger charge is 2.24. The third-order valence-corrected chi connectivity index (χ3v) is 2.72. The zero-order valence-electron chi connectivity index (χ0n) is 13.3. The van der Waals surface area contributed by atoms with Crippen LogP contribution in [0.1, 0.15) is 33.6 Å². The molecule has 0 aromatic heterocycles. The SMILES string of the molecule is C=CCCOCCNC(=O)NCC(CC(C)(C)C)C(=O)O. The number of aliphatic carboxylic acids is 1. The number of hydrogen-bond acceptors (Lipinski definition) is 3. The summed E-state index contributed by atoms with van der Waals surface area (Å²) in [6.45, 7) is 11.0. The van der Waals surface area contributed by atoms with E-state index in [2.05, 4.69) is 17.2 Å². The molecule has 0 fully saturated rings. The first-order valence-electron chi connectivity index (χ1n) is 7.19. The average molecular weight is 300 g/mol. The number of hydrogen-bond donors (Lipinski definition) is 3. The van der Waals surface area contributed by atoms with Crippen LogP contribution in [0.4, 0.5) is 4.79 Å². The van der Waals surface area contributed by atoms with Crippen LogP contribution in [0.5, 0.6) is 0 Å². The summed E-state index contributed by atoms with van der Waals surface area (Å²) in [7, 11) is 0. The number of rotatable bonds is 10. The van der Waals surface area contributed by atoms with E-state index < -0.39 is 11.9 Å². The fourth-order valence-electron chi connectivity index (χ4n) is 1.77. The molecule has 0 saturated carbocycles. The van der Waals surface area contributed by atoms with E-state index in [0.717, 1.165) is 6.42 Å². The summed E-state index contributed by atoms with van der Waals surface area (Å²) in [6, 6.07) is -0.373. The summed E-state index contributed by atoms with van der Waals surface area (Å²) in [5, 5.41) is 14.4. The van der Waals surface area contributed by atoms with Crippen molar-refractivity contribution in [3.8, 4) is 0 Å². The molecule has 2 amide bonds. The van der Waals surface area contributed by atoms with Crippen LogP contribution in [-0.2, 0) is 9.53 Å². The molecule has 6 nitrogen and oxygen atoms in total. The van der Waals surface area contributed by atoms with Crippen molar-refractivity contribution >= 4 is 12.0 Å². The number of carbonyl (C=O) groups excluding carboxylic acids is 1. The van der Waals surface area contributed by atoms with Crippen LogP contribution in [0, 0.1) is 11.3 Å². The van der Waals surface area contributed by atoms with E-state index in [1.807, 2.05) is 20.8 Å². The molecule has 6 heteroatoms. The van der Waals surface area contributed by atoms with Gasteiger partial charge in [-0.2, -0.15) is 0 Å². The molecular formula is C15H28N2O4. The average Bonchev–Trinajstić information content (AvgIpc) is 2.37. The second kappa shape index (κ2) is 10.2. The number of carboxylic acid groups (broad SMARTS) is 1. The normalized spacial score (nSPS) is 12.5. The number of ether oxygens (including phenoxy) is 1. The molecule has 0 saturated heterocycles. The van der Waals surface area contributed by atoms with Gasteiger partial charge in [0.2, 0.25) is 0 Å². The van der Waals surface area contributed by atoms with Crippen molar-refractivity contribution in [2.45, 2.75) is 33.6 Å². The lowest BCUT2D eigenvalue weighted by molar-refractivity contribution is -0.142. The fraction of sp³-hybridized carbons (Fsp3) is 0.733. The summed E-state index contributed by atoms with van der Waals surface area (Å²) in [5.41, 5.74) is -0.0970. The van der Waals surface area contributed by atoms with Gasteiger partial charge in [0.1, 0.15) is 0 Å². The summed E-state index contributed by atoms with van der Waals surface area (Å²) in [4.78, 5) is 22.7. The van der Waals surface area contributed by atoms with Crippen molar-refractivity contribution in [3.63, 3.8) is 0 Å². The van der Waals surface area contributed by atoms with Gasteiger partial charge in [0.05, 0.1) is 19.1 Å². The van der Waals surface area contributed by atoms with Gasteiger partial charge in [-0.3, -0.25) is 4.79 Å². The molecule has 21 heavy (non-hydrogen) atoms. The Bertz CT molecular complexity index is 337. The van der Waals surface area contributed by atoms with Gasteiger partial charge >= 0.3 is 12.0 Å². The molecule has 0 rings (SSSR count). The molecule has 0 aliphatic rings. The van der Waals surface area contributed by atoms with E-state index in [-0.39, 0.29) is 18.0 Å². The maximum atomic E-state index is 11.5. The standard InChI is InChI=1S/C15H28N2O4/c1-5-6-8-21-9-7-16-14(20)17-11-12(13(18)19)10-15(2,3)4/h5,12H,1,6-11H2,2-4H3,(H,18,19)(H2,16,17,20). The van der Waals surface area contributed by atoms with E-state index in [1.54, 1.807) is 6.08 Å². The Balaban J connectivity index is 3.87. The summed E-state index contributed by atoms with van der Waals surface area (Å²) < 4.78 is 5.25. The van der Waals surface area contributed by atoms with Crippen molar-refractivity contribution in [2.75, 3.05) is 26.3 Å². The first-order chi connectivity index (χ1) is 9.76. The summed E-state index contributed by atoms with van der Waals surface area (Å²) >= 11 is 0. The molecule has 0 aliphatic heterocycles. The van der Waals surface area contributed by atoms with Gasteiger partial charge in [-0.25, -0.2) is 4.79 Å². The van der Waals surface area contributed by atoms with Crippen molar-refractivity contribution in [3.05, 3.63) is 12.7 Å². The maximum Gasteiger partial charge on any atom is 0.314 e. The number of urea groups is 1. The first-order valence-corrected chi connectivity index (χ1v) is 7.19. The number of carbonyl (C=O) groups is 2. The summed E-state index contributed by atoms with van der Waals surface area (Å²) in [6.07, 6.45) is 3.05. The monoisotopic (exact) mass is 300 g/mol. The topological polar surface area (TPSA) is 87.7 Å². The van der Waals surface area contributed by atoms with E-state index >= 15 is 0 Å². The number of carboxylic acids is 1. The number of amides is 2. The van der Waals surface area contributed by atoms with E-state index in [0.29, 0.717) is 26.2 Å². The summed E-state index contributed by atoms with van der Waals surface area (Å²) in [5.74, 6) is -1.47. The molecule has 3 N–H and O–H groups in total. The molecular weight excluding hydrogens is 272 g/mol. The Hall–Kier alpha value is -1.56. The van der Waals surface area contributed by atoms with Crippen LogP contribution < -0.4 is 10.6 Å². The first kappa shape index (κ1) is 19.4. The van der Waals surface area contributed by atoms with Crippen molar-refractivity contribution in [1.29, 1.82) is 0 Å². The smallest absolute Gasteiger partial charge is 0.314 e. The lowest BCUT2D eigenvalue weighted by Gasteiger charge is -2.23. The molecule has 0 aromatic rings. The highest BCUT2D eigenvalue weighted by Crippen LogP contribution is 2.24. The van der Waals surface area contributed by atoms with Crippen LogP contribution in [0.3, 0.4) is 0 Å². The molecule has 0 aromatic carbocycles. The molecule has 1 atom stereocenters. The Morgan fingerprint density at radius 1 is 1.29 bits per heavy atom. The minimum atomic E-state index is -0.891. The van der Waals surface area contributed by atoms with Gasteiger partial charge in [-0.05, 0) is 18.3 Å². The van der Waals surface area contributed by atoms with Crippen LogP contribution in [0.25, 0.3) is 0 Å². The van der Waals surface area contributed by atoms with Crippen molar-refractivity contribution in [1.82, 2.24) is 10.6 Å². The largest absolute Gasteiger partial charge is 0.481 e. The van der Waals surface area contributed by atoms with Gasteiger partial charge in [0.15, 0.2) is 0 Å². The Kier molecular flexibility index (Phi) is 9.45. The van der Waals surface area contributed by atoms with Gasteiger partial charge < -0.3 is 20.5 Å². The second-order valence-electron chi connectivity index (χ2n) is 6.13. The van der Waals surface area contributed by atoms with Crippen molar-refractivity contribution in [2.24, 2.45) is 11.3 Å². The highest BCUT2D eigenvalue weighted by molar-refractivity contribution is 5.75. The third-order valence-electron chi connectivity index (χ3n) is 2.72. The van der Waals surface area contributed by atoms with Crippen LogP contribution in [0.2, 0.25) is 0 Å². The number of nitrogens with one attached hydrogen (secondary N) is 2. The fourth-order valence-corrected chi connectivity index (χ4v) is 1.77. The molecule has 0 spiro atoms. The molecule has 0 aliphatic carbocycles. The molecule has 0 bridgehead atoms. The van der Waals surface area contributed by atoms with Gasteiger partial charge in [-0.1, -0.05) is 26.8 Å². The predicted molar refractivity (Wildman–Crippen MR) is 82.2 cm³/mol. The van der Waals surface area contributed by atoms with Crippen molar-refractivity contribution < 1.29 is 19.4 Å². The van der Waals surface area contributed by atoms with Crippen LogP contribution in [0.15, 0.2) is 12.7 Å². The Labute approximate surface area is 126 Å². The molecule has 122 valence electrons. The Morgan fingerprint density at radius 3 is 2.48 bits per heavy atom.